The summed E-state index contributed by atoms with van der Waals surface area (Å²) in [6, 6.07) is 8.10. The molecule has 0 spiro atoms. The maximum absolute atomic E-state index is 13.0. The van der Waals surface area contributed by atoms with E-state index in [-0.39, 0.29) is 18.1 Å². The van der Waals surface area contributed by atoms with Crippen molar-refractivity contribution in [3.05, 3.63) is 35.6 Å². The number of carbonyl (C=O) groups excluding carboxylic acids is 1. The normalized spacial score (nSPS) is 17.1. The highest BCUT2D eigenvalue weighted by Crippen LogP contribution is 2.38. The summed E-state index contributed by atoms with van der Waals surface area (Å²) in [7, 11) is 0. The molecule has 1 aromatic carbocycles. The third kappa shape index (κ3) is 2.51. The second-order valence-electron chi connectivity index (χ2n) is 4.68. The molecule has 1 aromatic rings. The molecular formula is C14H15FN2O. The van der Waals surface area contributed by atoms with Crippen molar-refractivity contribution in [1.29, 1.82) is 5.26 Å². The van der Waals surface area contributed by atoms with Crippen molar-refractivity contribution in [3.63, 3.8) is 0 Å². The summed E-state index contributed by atoms with van der Waals surface area (Å²) in [4.78, 5) is 11.6. The Morgan fingerprint density at radius 3 is 2.50 bits per heavy atom. The smallest absolute Gasteiger partial charge is 0.234 e. The van der Waals surface area contributed by atoms with Gasteiger partial charge in [0.25, 0.3) is 0 Å². The zero-order valence-corrected chi connectivity index (χ0v) is 10.1. The van der Waals surface area contributed by atoms with Gasteiger partial charge in [0.1, 0.15) is 12.2 Å². The average molecular weight is 246 g/mol. The summed E-state index contributed by atoms with van der Waals surface area (Å²) in [5.74, 6) is -0.543. The molecule has 1 aliphatic rings. The van der Waals surface area contributed by atoms with Gasteiger partial charge in [0.15, 0.2) is 0 Å². The SMILES string of the molecule is N#CCC(=O)NC1(c2ccc(F)cc2)CCCC1. The van der Waals surface area contributed by atoms with Gasteiger partial charge in [-0.15, -0.1) is 0 Å². The zero-order chi connectivity index (χ0) is 13.0. The Hall–Kier alpha value is -1.89. The van der Waals surface area contributed by atoms with E-state index in [1.54, 1.807) is 12.1 Å². The highest BCUT2D eigenvalue weighted by atomic mass is 19.1. The van der Waals surface area contributed by atoms with E-state index >= 15 is 0 Å². The lowest BCUT2D eigenvalue weighted by Gasteiger charge is -2.30. The van der Waals surface area contributed by atoms with Crippen LogP contribution in [0.25, 0.3) is 0 Å². The van der Waals surface area contributed by atoms with Crippen LogP contribution in [-0.2, 0) is 10.3 Å². The number of carbonyl (C=O) groups is 1. The van der Waals surface area contributed by atoms with E-state index in [1.807, 2.05) is 6.07 Å². The second kappa shape index (κ2) is 5.18. The lowest BCUT2D eigenvalue weighted by atomic mass is 9.88. The summed E-state index contributed by atoms with van der Waals surface area (Å²) in [6.07, 6.45) is 3.61. The summed E-state index contributed by atoms with van der Waals surface area (Å²) >= 11 is 0. The van der Waals surface area contributed by atoms with Crippen LogP contribution in [0.4, 0.5) is 4.39 Å². The van der Waals surface area contributed by atoms with Crippen molar-refractivity contribution in [2.24, 2.45) is 0 Å². The number of rotatable bonds is 3. The van der Waals surface area contributed by atoms with E-state index < -0.39 is 5.54 Å². The average Bonchev–Trinajstić information content (AvgIpc) is 2.79. The van der Waals surface area contributed by atoms with Gasteiger partial charge in [-0.3, -0.25) is 4.79 Å². The number of hydrogen-bond donors (Lipinski definition) is 1. The molecular weight excluding hydrogens is 231 g/mol. The van der Waals surface area contributed by atoms with Crippen LogP contribution >= 0.6 is 0 Å². The van der Waals surface area contributed by atoms with Crippen LogP contribution in [0.5, 0.6) is 0 Å². The molecule has 18 heavy (non-hydrogen) atoms. The summed E-state index contributed by atoms with van der Waals surface area (Å²) in [5, 5.41) is 11.5. The van der Waals surface area contributed by atoms with Crippen molar-refractivity contribution in [3.8, 4) is 6.07 Å². The van der Waals surface area contributed by atoms with Crippen molar-refractivity contribution in [2.75, 3.05) is 0 Å². The van der Waals surface area contributed by atoms with Gasteiger partial charge in [-0.05, 0) is 30.5 Å². The maximum atomic E-state index is 13.0. The molecule has 0 unspecified atom stereocenters. The molecule has 1 amide bonds. The standard InChI is InChI=1S/C14H15FN2O/c15-12-5-3-11(4-6-12)14(8-1-2-9-14)17-13(18)7-10-16/h3-6H,1-2,7-9H2,(H,17,18). The van der Waals surface area contributed by atoms with Crippen molar-refractivity contribution < 1.29 is 9.18 Å². The van der Waals surface area contributed by atoms with Gasteiger partial charge in [-0.2, -0.15) is 5.26 Å². The minimum Gasteiger partial charge on any atom is -0.346 e. The van der Waals surface area contributed by atoms with Crippen molar-refractivity contribution in [2.45, 2.75) is 37.6 Å². The third-order valence-corrected chi connectivity index (χ3v) is 3.47. The van der Waals surface area contributed by atoms with Crippen LogP contribution in [0.3, 0.4) is 0 Å². The number of nitriles is 1. The van der Waals surface area contributed by atoms with E-state index in [0.29, 0.717) is 0 Å². The van der Waals surface area contributed by atoms with Gasteiger partial charge in [-0.1, -0.05) is 25.0 Å². The Kier molecular flexibility index (Phi) is 3.61. The lowest BCUT2D eigenvalue weighted by molar-refractivity contribution is -0.122. The Balaban J connectivity index is 2.24. The third-order valence-electron chi connectivity index (χ3n) is 3.47. The minimum atomic E-state index is -0.415. The Morgan fingerprint density at radius 1 is 1.33 bits per heavy atom. The van der Waals surface area contributed by atoms with Crippen LogP contribution in [0.1, 0.15) is 37.7 Å². The fourth-order valence-corrected chi connectivity index (χ4v) is 2.62. The summed E-state index contributed by atoms with van der Waals surface area (Å²) in [6.45, 7) is 0. The number of nitrogens with one attached hydrogen (secondary N) is 1. The number of halogens is 1. The largest absolute Gasteiger partial charge is 0.346 e. The van der Waals surface area contributed by atoms with Crippen LogP contribution < -0.4 is 5.32 Å². The quantitative estimate of drug-likeness (QED) is 0.891. The number of hydrogen-bond acceptors (Lipinski definition) is 2. The molecule has 0 atom stereocenters. The Labute approximate surface area is 106 Å². The first-order valence-electron chi connectivity index (χ1n) is 6.10. The molecule has 0 aromatic heterocycles. The Bertz CT molecular complexity index is 470. The molecule has 1 fully saturated rings. The van der Waals surface area contributed by atoms with Gasteiger partial charge in [0.2, 0.25) is 5.91 Å². The molecule has 0 radical (unpaired) electrons. The monoisotopic (exact) mass is 246 g/mol. The van der Waals surface area contributed by atoms with E-state index in [1.165, 1.54) is 12.1 Å². The molecule has 1 aliphatic carbocycles. The molecule has 2 rings (SSSR count). The highest BCUT2D eigenvalue weighted by Gasteiger charge is 2.36. The lowest BCUT2D eigenvalue weighted by Crippen LogP contribution is -2.43. The first-order valence-corrected chi connectivity index (χ1v) is 6.10. The first-order chi connectivity index (χ1) is 8.66. The van der Waals surface area contributed by atoms with E-state index in [9.17, 15) is 9.18 Å². The molecule has 3 nitrogen and oxygen atoms in total. The molecule has 1 N–H and O–H groups in total. The van der Waals surface area contributed by atoms with E-state index in [0.717, 1.165) is 31.2 Å². The minimum absolute atomic E-state index is 0.136. The van der Waals surface area contributed by atoms with Gasteiger partial charge in [0, 0.05) is 0 Å². The Morgan fingerprint density at radius 2 is 1.94 bits per heavy atom. The fraction of sp³-hybridized carbons (Fsp3) is 0.429. The predicted octanol–water partition coefficient (Wildman–Crippen LogP) is 2.62. The first kappa shape index (κ1) is 12.6. The van der Waals surface area contributed by atoms with Crippen LogP contribution in [0.15, 0.2) is 24.3 Å². The number of benzene rings is 1. The van der Waals surface area contributed by atoms with Crippen molar-refractivity contribution >= 4 is 5.91 Å². The zero-order valence-electron chi connectivity index (χ0n) is 10.1. The van der Waals surface area contributed by atoms with Gasteiger partial charge in [0.05, 0.1) is 11.6 Å². The molecule has 0 aliphatic heterocycles. The number of nitrogens with zero attached hydrogens (tertiary/aromatic N) is 1. The maximum Gasteiger partial charge on any atom is 0.234 e. The molecule has 94 valence electrons. The van der Waals surface area contributed by atoms with Gasteiger partial charge < -0.3 is 5.32 Å². The number of amides is 1. The van der Waals surface area contributed by atoms with Crippen molar-refractivity contribution in [1.82, 2.24) is 5.32 Å². The topological polar surface area (TPSA) is 52.9 Å². The van der Waals surface area contributed by atoms with E-state index in [2.05, 4.69) is 5.32 Å². The van der Waals surface area contributed by atoms with Crippen LogP contribution in [-0.4, -0.2) is 5.91 Å². The summed E-state index contributed by atoms with van der Waals surface area (Å²) < 4.78 is 13.0. The molecule has 0 heterocycles. The highest BCUT2D eigenvalue weighted by molar-refractivity contribution is 5.79. The molecule has 4 heteroatoms. The summed E-state index contributed by atoms with van der Waals surface area (Å²) in [5.41, 5.74) is 0.509. The molecule has 1 saturated carbocycles. The van der Waals surface area contributed by atoms with Gasteiger partial charge >= 0.3 is 0 Å². The fourth-order valence-electron chi connectivity index (χ4n) is 2.62. The van der Waals surface area contributed by atoms with Crippen LogP contribution in [0.2, 0.25) is 0 Å². The second-order valence-corrected chi connectivity index (χ2v) is 4.68. The van der Waals surface area contributed by atoms with E-state index in [4.69, 9.17) is 5.26 Å². The van der Waals surface area contributed by atoms with Gasteiger partial charge in [-0.25, -0.2) is 4.39 Å². The predicted molar refractivity (Wildman–Crippen MR) is 64.9 cm³/mol. The molecule has 0 bridgehead atoms. The molecule has 0 saturated heterocycles. The van der Waals surface area contributed by atoms with Crippen LogP contribution in [0, 0.1) is 17.1 Å².